The number of carbonyl (C=O) groups is 1. The fourth-order valence-corrected chi connectivity index (χ4v) is 2.44. The van der Waals surface area contributed by atoms with Crippen molar-refractivity contribution in [3.8, 4) is 11.1 Å². The van der Waals surface area contributed by atoms with Crippen LogP contribution in [0.1, 0.15) is 32.3 Å². The van der Waals surface area contributed by atoms with Gasteiger partial charge in [0.1, 0.15) is 0 Å². The van der Waals surface area contributed by atoms with Crippen LogP contribution in [0.3, 0.4) is 0 Å². The Labute approximate surface area is 126 Å². The van der Waals surface area contributed by atoms with Crippen LogP contribution < -0.4 is 5.32 Å². The maximum Gasteiger partial charge on any atom is 0.230 e. The number of amides is 1. The normalized spacial score (nSPS) is 14.8. The molecule has 3 rings (SSSR count). The Bertz CT molecular complexity index is 642. The molecule has 2 heteroatoms. The van der Waals surface area contributed by atoms with E-state index in [1.54, 1.807) is 0 Å². The van der Waals surface area contributed by atoms with E-state index in [4.69, 9.17) is 0 Å². The molecule has 2 nitrogen and oxygen atoms in total. The minimum absolute atomic E-state index is 0.121. The third kappa shape index (κ3) is 2.99. The largest absolute Gasteiger partial charge is 0.353 e. The van der Waals surface area contributed by atoms with Crippen LogP contribution in [-0.2, 0) is 10.2 Å². The van der Waals surface area contributed by atoms with Gasteiger partial charge < -0.3 is 5.32 Å². The second-order valence-corrected chi connectivity index (χ2v) is 6.32. The van der Waals surface area contributed by atoms with Crippen molar-refractivity contribution in [2.24, 2.45) is 0 Å². The standard InChI is InChI=1S/C19H21NO/c1-19(2,18(21)20-17-11-12-17)16-10-6-9-15(13-16)14-7-4-3-5-8-14/h3-10,13,17H,11-12H2,1-2H3,(H,20,21). The van der Waals surface area contributed by atoms with Crippen molar-refractivity contribution >= 4 is 5.91 Å². The molecule has 1 saturated carbocycles. The quantitative estimate of drug-likeness (QED) is 0.903. The summed E-state index contributed by atoms with van der Waals surface area (Å²) >= 11 is 0. The number of hydrogen-bond donors (Lipinski definition) is 1. The summed E-state index contributed by atoms with van der Waals surface area (Å²) in [6.45, 7) is 3.99. The van der Waals surface area contributed by atoms with Gasteiger partial charge in [0.15, 0.2) is 0 Å². The highest BCUT2D eigenvalue weighted by Crippen LogP contribution is 2.29. The molecule has 0 atom stereocenters. The predicted molar refractivity (Wildman–Crippen MR) is 86.1 cm³/mol. The van der Waals surface area contributed by atoms with E-state index in [0.29, 0.717) is 6.04 Å². The Morgan fingerprint density at radius 1 is 1.00 bits per heavy atom. The van der Waals surface area contributed by atoms with Crippen molar-refractivity contribution in [1.82, 2.24) is 5.32 Å². The fraction of sp³-hybridized carbons (Fsp3) is 0.316. The molecular weight excluding hydrogens is 258 g/mol. The summed E-state index contributed by atoms with van der Waals surface area (Å²) in [6, 6.07) is 19.0. The summed E-state index contributed by atoms with van der Waals surface area (Å²) in [5, 5.41) is 3.11. The van der Waals surface area contributed by atoms with Crippen molar-refractivity contribution in [3.05, 3.63) is 60.2 Å². The molecule has 1 aliphatic carbocycles. The summed E-state index contributed by atoms with van der Waals surface area (Å²) < 4.78 is 0. The smallest absolute Gasteiger partial charge is 0.230 e. The highest BCUT2D eigenvalue weighted by molar-refractivity contribution is 5.88. The van der Waals surface area contributed by atoms with Crippen molar-refractivity contribution in [1.29, 1.82) is 0 Å². The lowest BCUT2D eigenvalue weighted by atomic mass is 9.82. The van der Waals surface area contributed by atoms with E-state index in [0.717, 1.165) is 24.0 Å². The molecule has 0 aliphatic heterocycles. The van der Waals surface area contributed by atoms with Crippen molar-refractivity contribution < 1.29 is 4.79 Å². The first-order chi connectivity index (χ1) is 10.1. The molecule has 21 heavy (non-hydrogen) atoms. The maximum atomic E-state index is 12.5. The molecule has 0 heterocycles. The summed E-state index contributed by atoms with van der Waals surface area (Å²) in [5.41, 5.74) is 2.88. The zero-order valence-electron chi connectivity index (χ0n) is 12.6. The number of rotatable bonds is 4. The topological polar surface area (TPSA) is 29.1 Å². The van der Waals surface area contributed by atoms with Gasteiger partial charge in [-0.05, 0) is 43.4 Å². The van der Waals surface area contributed by atoms with E-state index in [1.165, 1.54) is 5.56 Å². The van der Waals surface area contributed by atoms with Crippen LogP contribution in [0, 0.1) is 0 Å². The second-order valence-electron chi connectivity index (χ2n) is 6.32. The van der Waals surface area contributed by atoms with E-state index in [2.05, 4.69) is 29.6 Å². The van der Waals surface area contributed by atoms with Crippen LogP contribution in [0.5, 0.6) is 0 Å². The first-order valence-electron chi connectivity index (χ1n) is 7.54. The van der Waals surface area contributed by atoms with E-state index in [9.17, 15) is 4.79 Å². The molecule has 0 spiro atoms. The Hall–Kier alpha value is -2.09. The highest BCUT2D eigenvalue weighted by Gasteiger charge is 2.34. The fourth-order valence-electron chi connectivity index (χ4n) is 2.44. The van der Waals surface area contributed by atoms with E-state index in [1.807, 2.05) is 44.2 Å². The highest BCUT2D eigenvalue weighted by atomic mass is 16.2. The lowest BCUT2D eigenvalue weighted by Crippen LogP contribution is -2.41. The summed E-state index contributed by atoms with van der Waals surface area (Å²) in [6.07, 6.45) is 2.23. The number of nitrogens with one attached hydrogen (secondary N) is 1. The van der Waals surface area contributed by atoms with Gasteiger partial charge in [0, 0.05) is 6.04 Å². The van der Waals surface area contributed by atoms with Crippen LogP contribution in [0.2, 0.25) is 0 Å². The molecule has 2 aromatic rings. The SMILES string of the molecule is CC(C)(C(=O)NC1CC1)c1cccc(-c2ccccc2)c1. The van der Waals surface area contributed by atoms with Crippen LogP contribution in [-0.4, -0.2) is 11.9 Å². The molecular formula is C19H21NO. The lowest BCUT2D eigenvalue weighted by Gasteiger charge is -2.25. The summed E-state index contributed by atoms with van der Waals surface area (Å²) in [7, 11) is 0. The molecule has 0 radical (unpaired) electrons. The van der Waals surface area contributed by atoms with Gasteiger partial charge in [-0.25, -0.2) is 0 Å². The first-order valence-corrected chi connectivity index (χ1v) is 7.54. The lowest BCUT2D eigenvalue weighted by molar-refractivity contribution is -0.125. The molecule has 1 fully saturated rings. The minimum atomic E-state index is -0.507. The zero-order chi connectivity index (χ0) is 14.9. The van der Waals surface area contributed by atoms with Gasteiger partial charge >= 0.3 is 0 Å². The average Bonchev–Trinajstić information content (AvgIpc) is 3.32. The first kappa shape index (κ1) is 13.9. The van der Waals surface area contributed by atoms with Crippen molar-refractivity contribution in [2.45, 2.75) is 38.1 Å². The van der Waals surface area contributed by atoms with Crippen molar-refractivity contribution in [3.63, 3.8) is 0 Å². The maximum absolute atomic E-state index is 12.5. The van der Waals surface area contributed by atoms with Gasteiger partial charge in [-0.2, -0.15) is 0 Å². The average molecular weight is 279 g/mol. The molecule has 1 amide bonds. The molecule has 1 N–H and O–H groups in total. The monoisotopic (exact) mass is 279 g/mol. The van der Waals surface area contributed by atoms with Gasteiger partial charge in [-0.15, -0.1) is 0 Å². The molecule has 0 bridgehead atoms. The van der Waals surface area contributed by atoms with Gasteiger partial charge in [-0.1, -0.05) is 54.6 Å². The second kappa shape index (κ2) is 5.36. The molecule has 108 valence electrons. The molecule has 0 aromatic heterocycles. The summed E-state index contributed by atoms with van der Waals surface area (Å²) in [5.74, 6) is 0.121. The molecule has 1 aliphatic rings. The Balaban J connectivity index is 1.89. The molecule has 2 aromatic carbocycles. The van der Waals surface area contributed by atoms with Gasteiger partial charge in [0.05, 0.1) is 5.41 Å². The number of hydrogen-bond acceptors (Lipinski definition) is 1. The Morgan fingerprint density at radius 2 is 1.67 bits per heavy atom. The van der Waals surface area contributed by atoms with Crippen LogP contribution in [0.4, 0.5) is 0 Å². The third-order valence-corrected chi connectivity index (χ3v) is 4.17. The summed E-state index contributed by atoms with van der Waals surface area (Å²) in [4.78, 5) is 12.5. The van der Waals surface area contributed by atoms with Crippen LogP contribution >= 0.6 is 0 Å². The van der Waals surface area contributed by atoms with Gasteiger partial charge in [0.25, 0.3) is 0 Å². The Kier molecular flexibility index (Phi) is 3.54. The van der Waals surface area contributed by atoms with Gasteiger partial charge in [0.2, 0.25) is 5.91 Å². The Morgan fingerprint density at radius 3 is 2.33 bits per heavy atom. The van der Waals surface area contributed by atoms with E-state index < -0.39 is 5.41 Å². The van der Waals surface area contributed by atoms with E-state index in [-0.39, 0.29) is 5.91 Å². The number of benzene rings is 2. The predicted octanol–water partition coefficient (Wildman–Crippen LogP) is 3.91. The molecule has 0 unspecified atom stereocenters. The van der Waals surface area contributed by atoms with Crippen molar-refractivity contribution in [2.75, 3.05) is 0 Å². The van der Waals surface area contributed by atoms with Crippen LogP contribution in [0.25, 0.3) is 11.1 Å². The zero-order valence-corrected chi connectivity index (χ0v) is 12.6. The van der Waals surface area contributed by atoms with E-state index >= 15 is 0 Å². The minimum Gasteiger partial charge on any atom is -0.353 e. The third-order valence-electron chi connectivity index (χ3n) is 4.17. The van der Waals surface area contributed by atoms with Gasteiger partial charge in [-0.3, -0.25) is 4.79 Å². The number of carbonyl (C=O) groups excluding carboxylic acids is 1. The molecule has 0 saturated heterocycles. The van der Waals surface area contributed by atoms with Crippen LogP contribution in [0.15, 0.2) is 54.6 Å².